The summed E-state index contributed by atoms with van der Waals surface area (Å²) in [6, 6.07) is 14.4. The predicted molar refractivity (Wildman–Crippen MR) is 113 cm³/mol. The van der Waals surface area contributed by atoms with Gasteiger partial charge in [-0.2, -0.15) is 0 Å². The van der Waals surface area contributed by atoms with Crippen molar-refractivity contribution in [2.24, 2.45) is 0 Å². The maximum atomic E-state index is 12.3. The van der Waals surface area contributed by atoms with Crippen molar-refractivity contribution in [2.45, 2.75) is 39.7 Å². The van der Waals surface area contributed by atoms with E-state index in [1.165, 1.54) is 0 Å². The lowest BCUT2D eigenvalue weighted by Gasteiger charge is -2.12. The van der Waals surface area contributed by atoms with Crippen LogP contribution in [0.4, 0.5) is 5.69 Å². The second-order valence-electron chi connectivity index (χ2n) is 6.33. The molecule has 0 fully saturated rings. The van der Waals surface area contributed by atoms with E-state index in [2.05, 4.69) is 17.6 Å². The lowest BCUT2D eigenvalue weighted by atomic mass is 10.2. The highest BCUT2D eigenvalue weighted by atomic mass is 32.1. The Labute approximate surface area is 166 Å². The molecule has 2 aromatic rings. The quantitative estimate of drug-likeness (QED) is 0.505. The van der Waals surface area contributed by atoms with E-state index in [9.17, 15) is 4.79 Å². The molecule has 0 bridgehead atoms. The monoisotopic (exact) mass is 386 g/mol. The zero-order valence-electron chi connectivity index (χ0n) is 16.0. The molecule has 144 valence electrons. The van der Waals surface area contributed by atoms with Crippen LogP contribution in [0.2, 0.25) is 0 Å². The number of thiocarbonyl (C=S) groups is 1. The minimum atomic E-state index is -0.271. The first-order valence-corrected chi connectivity index (χ1v) is 9.50. The summed E-state index contributed by atoms with van der Waals surface area (Å²) in [4.78, 5) is 12.3. The highest BCUT2D eigenvalue weighted by Crippen LogP contribution is 2.17. The van der Waals surface area contributed by atoms with Crippen molar-refractivity contribution in [3.05, 3.63) is 54.1 Å². The third kappa shape index (κ3) is 7.27. The number of unbranched alkanes of at least 4 members (excludes halogenated alkanes) is 1. The topological polar surface area (TPSA) is 59.6 Å². The van der Waals surface area contributed by atoms with Crippen molar-refractivity contribution in [3.63, 3.8) is 0 Å². The standard InChI is InChI=1S/C21H26N2O3S/c1-4-5-14-25-18-10-6-16(7-11-18)20(24)23-21(27)22-17-8-12-19(13-9-17)26-15(2)3/h6-13,15H,4-5,14H2,1-3H3,(H2,22,23,24,27). The zero-order valence-corrected chi connectivity index (χ0v) is 16.8. The zero-order chi connectivity index (χ0) is 19.6. The van der Waals surface area contributed by atoms with Crippen molar-refractivity contribution in [1.82, 2.24) is 5.32 Å². The average Bonchev–Trinajstić information content (AvgIpc) is 2.63. The second kappa shape index (κ2) is 10.5. The van der Waals surface area contributed by atoms with E-state index in [0.717, 1.165) is 30.0 Å². The molecule has 0 heterocycles. The van der Waals surface area contributed by atoms with Crippen molar-refractivity contribution in [2.75, 3.05) is 11.9 Å². The normalized spacial score (nSPS) is 10.4. The molecule has 0 radical (unpaired) electrons. The first-order chi connectivity index (χ1) is 13.0. The Hall–Kier alpha value is -2.60. The number of hydrogen-bond donors (Lipinski definition) is 2. The summed E-state index contributed by atoms with van der Waals surface area (Å²) in [7, 11) is 0. The number of benzene rings is 2. The van der Waals surface area contributed by atoms with Crippen LogP contribution in [-0.2, 0) is 0 Å². The molecule has 0 spiro atoms. The number of carbonyl (C=O) groups is 1. The lowest BCUT2D eigenvalue weighted by molar-refractivity contribution is 0.0977. The maximum absolute atomic E-state index is 12.3. The van der Waals surface area contributed by atoms with Gasteiger partial charge in [0, 0.05) is 11.3 Å². The molecule has 27 heavy (non-hydrogen) atoms. The predicted octanol–water partition coefficient (Wildman–Crippen LogP) is 4.78. The number of ether oxygens (including phenoxy) is 2. The van der Waals surface area contributed by atoms with Crippen LogP contribution >= 0.6 is 12.2 Å². The van der Waals surface area contributed by atoms with E-state index in [1.54, 1.807) is 24.3 Å². The number of anilines is 1. The van der Waals surface area contributed by atoms with Crippen molar-refractivity contribution in [1.29, 1.82) is 0 Å². The van der Waals surface area contributed by atoms with Crippen molar-refractivity contribution in [3.8, 4) is 11.5 Å². The fraction of sp³-hybridized carbons (Fsp3) is 0.333. The molecule has 5 nitrogen and oxygen atoms in total. The number of rotatable bonds is 8. The van der Waals surface area contributed by atoms with Gasteiger partial charge in [0.1, 0.15) is 11.5 Å². The molecule has 0 aliphatic rings. The molecule has 2 aromatic carbocycles. The molecule has 0 saturated carbocycles. The van der Waals surface area contributed by atoms with Crippen LogP contribution in [0.1, 0.15) is 44.0 Å². The van der Waals surface area contributed by atoms with Gasteiger partial charge in [-0.25, -0.2) is 0 Å². The molecular weight excluding hydrogens is 360 g/mol. The maximum Gasteiger partial charge on any atom is 0.257 e. The van der Waals surface area contributed by atoms with Crippen LogP contribution in [-0.4, -0.2) is 23.7 Å². The Bertz CT molecular complexity index is 743. The second-order valence-corrected chi connectivity index (χ2v) is 6.73. The molecule has 0 aromatic heterocycles. The molecular formula is C21H26N2O3S. The molecule has 1 amide bonds. The van der Waals surface area contributed by atoms with Gasteiger partial charge in [-0.3, -0.25) is 10.1 Å². The third-order valence-corrected chi connectivity index (χ3v) is 3.80. The molecule has 0 atom stereocenters. The number of carbonyl (C=O) groups excluding carboxylic acids is 1. The molecule has 2 N–H and O–H groups in total. The van der Waals surface area contributed by atoms with Crippen molar-refractivity contribution < 1.29 is 14.3 Å². The van der Waals surface area contributed by atoms with Gasteiger partial charge < -0.3 is 14.8 Å². The van der Waals surface area contributed by atoms with E-state index < -0.39 is 0 Å². The minimum Gasteiger partial charge on any atom is -0.494 e. The molecule has 0 saturated heterocycles. The smallest absolute Gasteiger partial charge is 0.257 e. The third-order valence-electron chi connectivity index (χ3n) is 3.59. The average molecular weight is 387 g/mol. The van der Waals surface area contributed by atoms with Gasteiger partial charge >= 0.3 is 0 Å². The number of hydrogen-bond acceptors (Lipinski definition) is 4. The summed E-state index contributed by atoms with van der Waals surface area (Å²) >= 11 is 5.21. The van der Waals surface area contributed by atoms with Gasteiger partial charge in [0.05, 0.1) is 12.7 Å². The van der Waals surface area contributed by atoms with Gasteiger partial charge in [0.2, 0.25) is 0 Å². The Morgan fingerprint density at radius 2 is 1.67 bits per heavy atom. The van der Waals surface area contributed by atoms with Crippen LogP contribution in [0.5, 0.6) is 11.5 Å². The Kier molecular flexibility index (Phi) is 8.07. The van der Waals surface area contributed by atoms with Gasteiger partial charge in [-0.1, -0.05) is 13.3 Å². The Morgan fingerprint density at radius 3 is 2.26 bits per heavy atom. The summed E-state index contributed by atoms with van der Waals surface area (Å²) < 4.78 is 11.2. The lowest BCUT2D eigenvalue weighted by Crippen LogP contribution is -2.34. The van der Waals surface area contributed by atoms with Crippen LogP contribution in [0, 0.1) is 0 Å². The van der Waals surface area contributed by atoms with Crippen LogP contribution in [0.3, 0.4) is 0 Å². The Balaban J connectivity index is 1.85. The van der Waals surface area contributed by atoms with Crippen LogP contribution in [0.15, 0.2) is 48.5 Å². The van der Waals surface area contributed by atoms with E-state index >= 15 is 0 Å². The van der Waals surface area contributed by atoms with Gasteiger partial charge in [0.15, 0.2) is 5.11 Å². The Morgan fingerprint density at radius 1 is 1.04 bits per heavy atom. The molecule has 0 aliphatic carbocycles. The first-order valence-electron chi connectivity index (χ1n) is 9.10. The summed E-state index contributed by atoms with van der Waals surface area (Å²) in [6.07, 6.45) is 2.21. The highest BCUT2D eigenvalue weighted by Gasteiger charge is 2.08. The highest BCUT2D eigenvalue weighted by molar-refractivity contribution is 7.80. The number of amides is 1. The van der Waals surface area contributed by atoms with Crippen molar-refractivity contribution >= 4 is 28.9 Å². The van der Waals surface area contributed by atoms with Crippen LogP contribution < -0.4 is 20.1 Å². The summed E-state index contributed by atoms with van der Waals surface area (Å²) in [6.45, 7) is 6.74. The molecule has 0 unspecified atom stereocenters. The summed E-state index contributed by atoms with van der Waals surface area (Å²) in [5.74, 6) is 1.27. The fourth-order valence-electron chi connectivity index (χ4n) is 2.26. The van der Waals surface area contributed by atoms with Gasteiger partial charge in [-0.05, 0) is 81.0 Å². The van der Waals surface area contributed by atoms with Gasteiger partial charge in [-0.15, -0.1) is 0 Å². The van der Waals surface area contributed by atoms with Gasteiger partial charge in [0.25, 0.3) is 5.91 Å². The van der Waals surface area contributed by atoms with E-state index in [-0.39, 0.29) is 17.1 Å². The number of nitrogens with one attached hydrogen (secondary N) is 2. The largest absolute Gasteiger partial charge is 0.494 e. The van der Waals surface area contributed by atoms with E-state index in [1.807, 2.05) is 38.1 Å². The summed E-state index contributed by atoms with van der Waals surface area (Å²) in [5.41, 5.74) is 1.29. The molecule has 2 rings (SSSR count). The van der Waals surface area contributed by atoms with E-state index in [0.29, 0.717) is 12.2 Å². The van der Waals surface area contributed by atoms with E-state index in [4.69, 9.17) is 21.7 Å². The first kappa shape index (κ1) is 20.7. The molecule has 0 aliphatic heterocycles. The van der Waals surface area contributed by atoms with Crippen LogP contribution in [0.25, 0.3) is 0 Å². The molecule has 6 heteroatoms. The summed E-state index contributed by atoms with van der Waals surface area (Å²) in [5, 5.41) is 5.90. The fourth-order valence-corrected chi connectivity index (χ4v) is 2.47. The minimum absolute atomic E-state index is 0.118. The SMILES string of the molecule is CCCCOc1ccc(C(=O)NC(=S)Nc2ccc(OC(C)C)cc2)cc1.